The zero-order chi connectivity index (χ0) is 27.6. The van der Waals surface area contributed by atoms with Crippen LogP contribution in [0.15, 0.2) is 81.4 Å². The van der Waals surface area contributed by atoms with Crippen molar-refractivity contribution in [1.82, 2.24) is 14.5 Å². The molecule has 2 aromatic carbocycles. The van der Waals surface area contributed by atoms with Gasteiger partial charge < -0.3 is 9.84 Å². The van der Waals surface area contributed by atoms with Gasteiger partial charge in [-0.15, -0.1) is 0 Å². The van der Waals surface area contributed by atoms with Crippen LogP contribution in [0.4, 0.5) is 4.39 Å². The lowest BCUT2D eigenvalue weighted by Crippen LogP contribution is -2.27. The molecule has 1 atom stereocenters. The number of nitrogens with zero attached hydrogens (tertiary/aromatic N) is 3. The molecule has 2 aromatic heterocycles. The van der Waals surface area contributed by atoms with Crippen LogP contribution in [0.25, 0.3) is 11.1 Å². The lowest BCUT2D eigenvalue weighted by molar-refractivity contribution is 0.0573. The molecule has 0 aliphatic rings. The Labute approximate surface area is 220 Å². The minimum Gasteiger partial charge on any atom is -0.493 e. The van der Waals surface area contributed by atoms with Gasteiger partial charge >= 0.3 is 0 Å². The van der Waals surface area contributed by atoms with E-state index in [1.54, 1.807) is 19.9 Å². The minimum absolute atomic E-state index is 0.0991. The predicted molar refractivity (Wildman–Crippen MR) is 140 cm³/mol. The number of aromatic hydroxyl groups is 1. The molecule has 0 aliphatic carbocycles. The highest BCUT2D eigenvalue weighted by atomic mass is 32.2. The molecule has 4 aromatic rings. The van der Waals surface area contributed by atoms with Crippen LogP contribution in [0, 0.1) is 12.9 Å². The standard InChI is InChI=1S/C28H28FN3O5S/c1-17(2)37-16-24-31-27(33)25(28(34)32(24)19(4)20-8-6-5-7-9-20)38(35,36)22-12-10-21(11-13-22)23-14-15-30-26(29)18(23)3/h5-15,17,19,34H,16H2,1-4H3/t19-/m0/s1. The number of aromatic nitrogens is 3. The molecule has 10 heteroatoms. The van der Waals surface area contributed by atoms with Gasteiger partial charge in [-0.2, -0.15) is 9.37 Å². The van der Waals surface area contributed by atoms with Crippen LogP contribution in [0.1, 0.15) is 43.8 Å². The zero-order valence-electron chi connectivity index (χ0n) is 21.4. The SMILES string of the molecule is Cc1c(-c2ccc(S(=O)(=O)c3c(O)n([C@@H](C)c4ccccc4)c(COC(C)C)nc3=O)cc2)ccnc1F. The highest BCUT2D eigenvalue weighted by Crippen LogP contribution is 2.32. The Balaban J connectivity index is 1.84. The molecule has 4 rings (SSSR count). The fourth-order valence-electron chi connectivity index (χ4n) is 4.17. The van der Waals surface area contributed by atoms with Crippen molar-refractivity contribution in [3.8, 4) is 17.0 Å². The largest absolute Gasteiger partial charge is 0.493 e. The first kappa shape index (κ1) is 27.2. The second-order valence-electron chi connectivity index (χ2n) is 9.10. The van der Waals surface area contributed by atoms with Crippen LogP contribution in [-0.4, -0.2) is 34.2 Å². The molecular formula is C28H28FN3O5S. The maximum absolute atomic E-state index is 13.9. The predicted octanol–water partition coefficient (Wildman–Crippen LogP) is 4.83. The van der Waals surface area contributed by atoms with Crippen molar-refractivity contribution < 1.29 is 22.7 Å². The van der Waals surface area contributed by atoms with Gasteiger partial charge in [-0.25, -0.2) is 13.4 Å². The van der Waals surface area contributed by atoms with E-state index >= 15 is 0 Å². The molecule has 0 aliphatic heterocycles. The Kier molecular flexibility index (Phi) is 7.75. The molecule has 0 saturated heterocycles. The highest BCUT2D eigenvalue weighted by Gasteiger charge is 2.31. The van der Waals surface area contributed by atoms with Crippen LogP contribution < -0.4 is 5.56 Å². The second-order valence-corrected chi connectivity index (χ2v) is 11.0. The molecule has 0 bridgehead atoms. The number of hydrogen-bond acceptors (Lipinski definition) is 7. The number of benzene rings is 2. The summed E-state index contributed by atoms with van der Waals surface area (Å²) in [5.41, 5.74) is 1.13. The summed E-state index contributed by atoms with van der Waals surface area (Å²) in [6.07, 6.45) is 1.14. The third-order valence-corrected chi connectivity index (χ3v) is 8.02. The van der Waals surface area contributed by atoms with Gasteiger partial charge in [0.1, 0.15) is 12.4 Å². The average molecular weight is 538 g/mol. The molecule has 38 heavy (non-hydrogen) atoms. The lowest BCUT2D eigenvalue weighted by atomic mass is 10.0. The Morgan fingerprint density at radius 3 is 2.32 bits per heavy atom. The summed E-state index contributed by atoms with van der Waals surface area (Å²) in [4.78, 5) is 19.6. The van der Waals surface area contributed by atoms with Crippen LogP contribution >= 0.6 is 0 Å². The smallest absolute Gasteiger partial charge is 0.296 e. The number of hydrogen-bond donors (Lipinski definition) is 1. The Morgan fingerprint density at radius 1 is 1.03 bits per heavy atom. The van der Waals surface area contributed by atoms with Crippen molar-refractivity contribution in [3.63, 3.8) is 0 Å². The van der Waals surface area contributed by atoms with E-state index in [4.69, 9.17) is 4.74 Å². The molecule has 8 nitrogen and oxygen atoms in total. The zero-order valence-corrected chi connectivity index (χ0v) is 22.2. The summed E-state index contributed by atoms with van der Waals surface area (Å²) in [5, 5.41) is 11.3. The van der Waals surface area contributed by atoms with Crippen molar-refractivity contribution >= 4 is 9.84 Å². The first-order chi connectivity index (χ1) is 18.0. The monoisotopic (exact) mass is 537 g/mol. The molecule has 198 valence electrons. The van der Waals surface area contributed by atoms with Gasteiger partial charge in [-0.1, -0.05) is 42.5 Å². The maximum atomic E-state index is 13.9. The van der Waals surface area contributed by atoms with Crippen molar-refractivity contribution in [1.29, 1.82) is 0 Å². The van der Waals surface area contributed by atoms with Crippen molar-refractivity contribution in [2.24, 2.45) is 0 Å². The summed E-state index contributed by atoms with van der Waals surface area (Å²) in [6.45, 7) is 6.86. The van der Waals surface area contributed by atoms with Gasteiger partial charge in [0.25, 0.3) is 5.56 Å². The van der Waals surface area contributed by atoms with Crippen molar-refractivity contribution in [2.75, 3.05) is 0 Å². The molecule has 1 N–H and O–H groups in total. The first-order valence-electron chi connectivity index (χ1n) is 12.0. The van der Waals surface area contributed by atoms with Gasteiger partial charge in [-0.05, 0) is 62.6 Å². The molecule has 0 saturated carbocycles. The van der Waals surface area contributed by atoms with Gasteiger partial charge in [0.15, 0.2) is 4.90 Å². The van der Waals surface area contributed by atoms with Gasteiger partial charge in [0.2, 0.25) is 21.7 Å². The van der Waals surface area contributed by atoms with Crippen LogP contribution in [0.5, 0.6) is 5.88 Å². The average Bonchev–Trinajstić information content (AvgIpc) is 2.89. The van der Waals surface area contributed by atoms with Crippen LogP contribution in [0.2, 0.25) is 0 Å². The molecule has 2 heterocycles. The number of halogens is 1. The van der Waals surface area contributed by atoms with E-state index in [0.29, 0.717) is 16.7 Å². The fraction of sp³-hybridized carbons (Fsp3) is 0.250. The van der Waals surface area contributed by atoms with E-state index in [2.05, 4.69) is 9.97 Å². The van der Waals surface area contributed by atoms with E-state index < -0.39 is 38.2 Å². The maximum Gasteiger partial charge on any atom is 0.296 e. The van der Waals surface area contributed by atoms with E-state index in [9.17, 15) is 22.7 Å². The van der Waals surface area contributed by atoms with E-state index in [0.717, 1.165) is 5.56 Å². The summed E-state index contributed by atoms with van der Waals surface area (Å²) in [5.74, 6) is -1.24. The second kappa shape index (κ2) is 10.8. The molecule has 0 amide bonds. The van der Waals surface area contributed by atoms with Gasteiger partial charge in [0.05, 0.1) is 17.0 Å². The molecular weight excluding hydrogens is 509 g/mol. The molecule has 0 fully saturated rings. The lowest BCUT2D eigenvalue weighted by Gasteiger charge is -2.23. The quantitative estimate of drug-likeness (QED) is 0.321. The molecule has 0 radical (unpaired) electrons. The van der Waals surface area contributed by atoms with E-state index in [1.807, 2.05) is 44.2 Å². The third kappa shape index (κ3) is 5.23. The van der Waals surface area contributed by atoms with Crippen LogP contribution in [-0.2, 0) is 21.2 Å². The summed E-state index contributed by atoms with van der Waals surface area (Å²) >= 11 is 0. The first-order valence-corrected chi connectivity index (χ1v) is 13.5. The number of pyridine rings is 1. The Morgan fingerprint density at radius 2 is 1.68 bits per heavy atom. The Bertz CT molecular complexity index is 1620. The van der Waals surface area contributed by atoms with E-state index in [1.165, 1.54) is 35.0 Å². The summed E-state index contributed by atoms with van der Waals surface area (Å²) < 4.78 is 48.1. The number of ether oxygens (including phenoxy) is 1. The third-order valence-electron chi connectivity index (χ3n) is 6.24. The van der Waals surface area contributed by atoms with Crippen molar-refractivity contribution in [2.45, 2.75) is 56.2 Å². The molecule has 0 spiro atoms. The number of sulfone groups is 1. The van der Waals surface area contributed by atoms with E-state index in [-0.39, 0.29) is 23.4 Å². The summed E-state index contributed by atoms with van der Waals surface area (Å²) in [7, 11) is -4.48. The fourth-order valence-corrected chi connectivity index (χ4v) is 5.51. The number of rotatable bonds is 8. The minimum atomic E-state index is -4.48. The van der Waals surface area contributed by atoms with Gasteiger partial charge in [0, 0.05) is 11.8 Å². The van der Waals surface area contributed by atoms with Gasteiger partial charge in [-0.3, -0.25) is 9.36 Å². The highest BCUT2D eigenvalue weighted by molar-refractivity contribution is 7.91. The summed E-state index contributed by atoms with van der Waals surface area (Å²) in [6, 6.07) is 15.8. The Hall–Kier alpha value is -3.89. The van der Waals surface area contributed by atoms with Crippen LogP contribution in [0.3, 0.4) is 0 Å². The van der Waals surface area contributed by atoms with Crippen molar-refractivity contribution in [3.05, 3.63) is 100 Å². The molecule has 0 unspecified atom stereocenters. The topological polar surface area (TPSA) is 111 Å². The normalized spacial score (nSPS) is 12.6.